The van der Waals surface area contributed by atoms with Crippen LogP contribution < -0.4 is 10.5 Å². The molecule has 0 radical (unpaired) electrons. The van der Waals surface area contributed by atoms with E-state index in [9.17, 15) is 5.11 Å². The van der Waals surface area contributed by atoms with Gasteiger partial charge in [-0.3, -0.25) is 0 Å². The second-order valence-electron chi connectivity index (χ2n) is 5.19. The fourth-order valence-corrected chi connectivity index (χ4v) is 1.87. The van der Waals surface area contributed by atoms with Crippen molar-refractivity contribution in [2.45, 2.75) is 18.9 Å². The summed E-state index contributed by atoms with van der Waals surface area (Å²) < 4.78 is 5.62. The Balaban J connectivity index is 1.92. The maximum atomic E-state index is 9.79. The number of rotatable bonds is 6. The van der Waals surface area contributed by atoms with Gasteiger partial charge in [-0.15, -0.1) is 0 Å². The van der Waals surface area contributed by atoms with Crippen molar-refractivity contribution in [3.8, 4) is 16.9 Å². The number of hydrogen-bond acceptors (Lipinski definition) is 3. The minimum atomic E-state index is -0.857. The first-order chi connectivity index (χ1) is 9.61. The lowest BCUT2D eigenvalue weighted by molar-refractivity contribution is 0.0453. The van der Waals surface area contributed by atoms with E-state index >= 15 is 0 Å². The molecule has 0 aliphatic heterocycles. The molecule has 0 aromatic heterocycles. The van der Waals surface area contributed by atoms with Gasteiger partial charge in [-0.05, 0) is 30.2 Å². The molecular formula is C17H21NO2. The van der Waals surface area contributed by atoms with Crippen molar-refractivity contribution < 1.29 is 9.84 Å². The van der Waals surface area contributed by atoms with E-state index in [2.05, 4.69) is 12.1 Å². The highest BCUT2D eigenvalue weighted by atomic mass is 16.5. The highest BCUT2D eigenvalue weighted by Crippen LogP contribution is 2.22. The number of ether oxygens (including phenoxy) is 1. The summed E-state index contributed by atoms with van der Waals surface area (Å²) in [4.78, 5) is 0. The van der Waals surface area contributed by atoms with Crippen LogP contribution in [0.15, 0.2) is 54.6 Å². The third-order valence-electron chi connectivity index (χ3n) is 3.31. The van der Waals surface area contributed by atoms with Gasteiger partial charge in [0.1, 0.15) is 5.75 Å². The van der Waals surface area contributed by atoms with Crippen LogP contribution in [0.2, 0.25) is 0 Å². The Kier molecular flexibility index (Phi) is 4.77. The zero-order valence-electron chi connectivity index (χ0n) is 11.8. The van der Waals surface area contributed by atoms with Crippen LogP contribution in [-0.4, -0.2) is 23.9 Å². The predicted octanol–water partition coefficient (Wildman–Crippen LogP) is 2.83. The Labute approximate surface area is 120 Å². The molecule has 0 fully saturated rings. The zero-order chi connectivity index (χ0) is 14.4. The molecule has 0 aliphatic rings. The van der Waals surface area contributed by atoms with Crippen LogP contribution in [0.3, 0.4) is 0 Å². The highest BCUT2D eigenvalue weighted by Gasteiger charge is 2.17. The Hall–Kier alpha value is -1.84. The number of hydrogen-bond donors (Lipinski definition) is 2. The molecule has 0 heterocycles. The minimum Gasteiger partial charge on any atom is -0.493 e. The van der Waals surface area contributed by atoms with Crippen LogP contribution in [0.4, 0.5) is 0 Å². The first-order valence-corrected chi connectivity index (χ1v) is 6.81. The summed E-state index contributed by atoms with van der Waals surface area (Å²) in [7, 11) is 0. The summed E-state index contributed by atoms with van der Waals surface area (Å²) >= 11 is 0. The topological polar surface area (TPSA) is 55.5 Å². The summed E-state index contributed by atoms with van der Waals surface area (Å²) in [5.74, 6) is 0.803. The molecule has 0 aliphatic carbocycles. The molecule has 2 aromatic rings. The second-order valence-corrected chi connectivity index (χ2v) is 5.19. The predicted molar refractivity (Wildman–Crippen MR) is 81.7 cm³/mol. The molecular weight excluding hydrogens is 250 g/mol. The summed E-state index contributed by atoms with van der Waals surface area (Å²) in [6.45, 7) is 2.41. The van der Waals surface area contributed by atoms with Crippen molar-refractivity contribution in [1.82, 2.24) is 0 Å². The van der Waals surface area contributed by atoms with Crippen molar-refractivity contribution >= 4 is 0 Å². The van der Waals surface area contributed by atoms with E-state index in [0.717, 1.165) is 11.3 Å². The normalized spacial score (nSPS) is 13.8. The van der Waals surface area contributed by atoms with E-state index in [1.54, 1.807) is 6.92 Å². The average Bonchev–Trinajstić information content (AvgIpc) is 2.49. The third-order valence-corrected chi connectivity index (χ3v) is 3.31. The van der Waals surface area contributed by atoms with Gasteiger partial charge in [0.05, 0.1) is 12.2 Å². The van der Waals surface area contributed by atoms with E-state index in [1.165, 1.54) is 5.56 Å². The lowest BCUT2D eigenvalue weighted by Gasteiger charge is -2.20. The lowest BCUT2D eigenvalue weighted by Crippen LogP contribution is -2.35. The van der Waals surface area contributed by atoms with Gasteiger partial charge in [0.25, 0.3) is 0 Å². The van der Waals surface area contributed by atoms with Crippen LogP contribution in [-0.2, 0) is 0 Å². The summed E-state index contributed by atoms with van der Waals surface area (Å²) in [6, 6.07) is 18.2. The van der Waals surface area contributed by atoms with Crippen molar-refractivity contribution in [3.63, 3.8) is 0 Å². The van der Waals surface area contributed by atoms with Crippen LogP contribution in [0.1, 0.15) is 13.3 Å². The van der Waals surface area contributed by atoms with Gasteiger partial charge in [-0.25, -0.2) is 0 Å². The summed E-state index contributed by atoms with van der Waals surface area (Å²) in [6.07, 6.45) is 0.518. The molecule has 3 nitrogen and oxygen atoms in total. The van der Waals surface area contributed by atoms with Crippen LogP contribution >= 0.6 is 0 Å². The Morgan fingerprint density at radius 1 is 1.00 bits per heavy atom. The average molecular weight is 271 g/mol. The monoisotopic (exact) mass is 271 g/mol. The van der Waals surface area contributed by atoms with Gasteiger partial charge in [0.2, 0.25) is 0 Å². The van der Waals surface area contributed by atoms with Crippen molar-refractivity contribution in [3.05, 3.63) is 54.6 Å². The summed E-state index contributed by atoms with van der Waals surface area (Å²) in [5.41, 5.74) is 6.95. The van der Waals surface area contributed by atoms with Gasteiger partial charge < -0.3 is 15.6 Å². The van der Waals surface area contributed by atoms with Crippen LogP contribution in [0.25, 0.3) is 11.1 Å². The van der Waals surface area contributed by atoms with E-state index in [0.29, 0.717) is 13.0 Å². The molecule has 2 rings (SSSR count). The SMILES string of the molecule is CC(O)(CN)CCOc1ccc(-c2ccccc2)cc1. The quantitative estimate of drug-likeness (QED) is 0.849. The van der Waals surface area contributed by atoms with Gasteiger partial charge in [-0.1, -0.05) is 42.5 Å². The molecule has 1 unspecified atom stereocenters. The number of benzene rings is 2. The van der Waals surface area contributed by atoms with Crippen LogP contribution in [0.5, 0.6) is 5.75 Å². The van der Waals surface area contributed by atoms with Crippen LogP contribution in [0, 0.1) is 0 Å². The largest absolute Gasteiger partial charge is 0.493 e. The van der Waals surface area contributed by atoms with Crippen molar-refractivity contribution in [2.75, 3.05) is 13.2 Å². The molecule has 3 heteroatoms. The fourth-order valence-electron chi connectivity index (χ4n) is 1.87. The Morgan fingerprint density at radius 3 is 2.20 bits per heavy atom. The van der Waals surface area contributed by atoms with Gasteiger partial charge in [0, 0.05) is 13.0 Å². The van der Waals surface area contributed by atoms with Crippen molar-refractivity contribution in [2.24, 2.45) is 5.73 Å². The molecule has 0 saturated carbocycles. The van der Waals surface area contributed by atoms with Gasteiger partial charge >= 0.3 is 0 Å². The second kappa shape index (κ2) is 6.55. The molecule has 0 saturated heterocycles. The first-order valence-electron chi connectivity index (χ1n) is 6.81. The fraction of sp³-hybridized carbons (Fsp3) is 0.294. The number of aliphatic hydroxyl groups is 1. The summed E-state index contributed by atoms with van der Waals surface area (Å²) in [5, 5.41) is 9.79. The zero-order valence-corrected chi connectivity index (χ0v) is 11.8. The van der Waals surface area contributed by atoms with E-state index in [-0.39, 0.29) is 6.54 Å². The smallest absolute Gasteiger partial charge is 0.119 e. The van der Waals surface area contributed by atoms with E-state index < -0.39 is 5.60 Å². The molecule has 106 valence electrons. The number of nitrogens with two attached hydrogens (primary N) is 1. The highest BCUT2D eigenvalue weighted by molar-refractivity contribution is 5.63. The molecule has 20 heavy (non-hydrogen) atoms. The molecule has 0 amide bonds. The first kappa shape index (κ1) is 14.6. The minimum absolute atomic E-state index is 0.239. The standard InChI is InChI=1S/C17H21NO2/c1-17(19,13-18)11-12-20-16-9-7-15(8-10-16)14-5-3-2-4-6-14/h2-10,19H,11-13,18H2,1H3. The van der Waals surface area contributed by atoms with Crippen molar-refractivity contribution in [1.29, 1.82) is 0 Å². The molecule has 3 N–H and O–H groups in total. The Bertz CT molecular complexity index is 520. The van der Waals surface area contributed by atoms with Gasteiger partial charge in [0.15, 0.2) is 0 Å². The molecule has 0 bridgehead atoms. The Morgan fingerprint density at radius 2 is 1.60 bits per heavy atom. The molecule has 0 spiro atoms. The van der Waals surface area contributed by atoms with Gasteiger partial charge in [-0.2, -0.15) is 0 Å². The van der Waals surface area contributed by atoms with E-state index in [1.807, 2.05) is 42.5 Å². The third kappa shape index (κ3) is 4.08. The van der Waals surface area contributed by atoms with E-state index in [4.69, 9.17) is 10.5 Å². The molecule has 1 atom stereocenters. The maximum absolute atomic E-state index is 9.79. The molecule has 2 aromatic carbocycles. The lowest BCUT2D eigenvalue weighted by atomic mass is 10.0. The maximum Gasteiger partial charge on any atom is 0.119 e.